The predicted molar refractivity (Wildman–Crippen MR) is 220 cm³/mol. The van der Waals surface area contributed by atoms with Crippen molar-refractivity contribution in [3.63, 3.8) is 0 Å². The molecule has 20 heteroatoms. The van der Waals surface area contributed by atoms with Gasteiger partial charge in [0.2, 0.25) is 0 Å². The fourth-order valence-electron chi connectivity index (χ4n) is 7.00. The van der Waals surface area contributed by atoms with Crippen molar-refractivity contribution >= 4 is 101 Å². The third-order valence-electron chi connectivity index (χ3n) is 9.55. The molecule has 2 aliphatic rings. The second kappa shape index (κ2) is 15.3. The molecule has 0 spiro atoms. The lowest BCUT2D eigenvalue weighted by molar-refractivity contribution is 0.483. The van der Waals surface area contributed by atoms with Gasteiger partial charge in [0, 0.05) is 21.2 Å². The third-order valence-corrected chi connectivity index (χ3v) is 15.6. The molecule has 0 bridgehead atoms. The number of fused-ring (bicyclic) bond motifs is 6. The van der Waals surface area contributed by atoms with Crippen LogP contribution < -0.4 is 0 Å². The zero-order valence-electron chi connectivity index (χ0n) is 28.9. The molecule has 2 N–H and O–H groups in total. The van der Waals surface area contributed by atoms with Gasteiger partial charge in [-0.3, -0.25) is 9.11 Å². The Kier molecular flexibility index (Phi) is 10.8. The lowest BCUT2D eigenvalue weighted by atomic mass is 9.94. The monoisotopic (exact) mass is 928 g/mol. The predicted octanol–water partition coefficient (Wildman–Crippen LogP) is 11.3. The van der Waals surface area contributed by atoms with Crippen LogP contribution in [0.3, 0.4) is 0 Å². The highest BCUT2D eigenvalue weighted by Crippen LogP contribution is 2.47. The number of unbranched alkanes of at least 4 members (excludes halogenated alkanes) is 2. The minimum absolute atomic E-state index is 0.0494. The minimum Gasteiger partial charge on any atom is -0.281 e. The van der Waals surface area contributed by atoms with Crippen LogP contribution in [0.5, 0.6) is 0 Å². The number of thiophene rings is 2. The number of allylic oxidation sites excluding steroid dienone is 2. The van der Waals surface area contributed by atoms with Gasteiger partial charge in [-0.2, -0.15) is 27.0 Å². The van der Waals surface area contributed by atoms with Crippen LogP contribution in [0.2, 0.25) is 20.1 Å². The normalized spacial score (nSPS) is 14.4. The van der Waals surface area contributed by atoms with Gasteiger partial charge in [0.05, 0.1) is 42.6 Å². The summed E-state index contributed by atoms with van der Waals surface area (Å²) in [5.41, 5.74) is 4.20. The van der Waals surface area contributed by atoms with Crippen LogP contribution in [0.1, 0.15) is 52.9 Å². The Morgan fingerprint density at radius 3 is 1.44 bits per heavy atom. The average molecular weight is 931 g/mol. The van der Waals surface area contributed by atoms with Crippen molar-refractivity contribution in [2.45, 2.75) is 53.4 Å². The highest BCUT2D eigenvalue weighted by Gasteiger charge is 2.33. The van der Waals surface area contributed by atoms with E-state index in [-0.39, 0.29) is 42.7 Å². The first-order valence-corrected chi connectivity index (χ1v) is 23.1. The van der Waals surface area contributed by atoms with Crippen LogP contribution in [0.4, 0.5) is 8.78 Å². The number of aryl methyl sites for hydroxylation is 2. The number of rotatable bonds is 10. The van der Waals surface area contributed by atoms with Crippen LogP contribution >= 0.6 is 69.1 Å². The fraction of sp³-hybridized carbons (Fsp3) is 0.189. The third kappa shape index (κ3) is 7.65. The van der Waals surface area contributed by atoms with E-state index in [0.717, 1.165) is 22.7 Å². The van der Waals surface area contributed by atoms with E-state index in [1.54, 1.807) is 24.3 Å². The van der Waals surface area contributed by atoms with Crippen molar-refractivity contribution in [2.75, 3.05) is 0 Å². The Morgan fingerprint density at radius 2 is 1.07 bits per heavy atom. The lowest BCUT2D eigenvalue weighted by Gasteiger charge is -2.15. The van der Waals surface area contributed by atoms with E-state index in [1.165, 1.54) is 45.8 Å². The van der Waals surface area contributed by atoms with Crippen LogP contribution in [-0.2, 0) is 45.9 Å². The quantitative estimate of drug-likeness (QED) is 0.102. The molecule has 296 valence electrons. The van der Waals surface area contributed by atoms with Crippen LogP contribution in [-0.4, -0.2) is 45.5 Å². The number of hydrogen-bond acceptors (Lipinski definition) is 8. The molecule has 6 aromatic rings. The molecule has 0 aliphatic heterocycles. The van der Waals surface area contributed by atoms with Gasteiger partial charge in [0.15, 0.2) is 0 Å². The number of nitrogens with zero attached hydrogens (tertiary/aromatic N) is 4. The van der Waals surface area contributed by atoms with Gasteiger partial charge in [-0.05, 0) is 117 Å². The Balaban J connectivity index is 1.08. The Labute approximate surface area is 353 Å². The molecule has 10 nitrogen and oxygen atoms in total. The zero-order valence-corrected chi connectivity index (χ0v) is 35.2. The van der Waals surface area contributed by atoms with Crippen molar-refractivity contribution in [3.8, 4) is 32.5 Å². The number of halogens is 6. The van der Waals surface area contributed by atoms with Crippen LogP contribution in [0, 0.1) is 0 Å². The van der Waals surface area contributed by atoms with E-state index in [0.29, 0.717) is 96.9 Å². The summed E-state index contributed by atoms with van der Waals surface area (Å²) in [6.45, 7) is 0. The largest absolute Gasteiger partial charge is 0.304 e. The second-order valence-electron chi connectivity index (χ2n) is 13.2. The van der Waals surface area contributed by atoms with Crippen molar-refractivity contribution in [1.29, 1.82) is 0 Å². The number of hydrogen-bond donors (Lipinski definition) is 2. The van der Waals surface area contributed by atoms with Crippen molar-refractivity contribution in [3.05, 3.63) is 114 Å². The van der Waals surface area contributed by atoms with E-state index >= 15 is 8.78 Å². The number of benzene rings is 2. The zero-order chi connectivity index (χ0) is 40.6. The summed E-state index contributed by atoms with van der Waals surface area (Å²) in [6.07, 6.45) is 4.93. The van der Waals surface area contributed by atoms with E-state index in [9.17, 15) is 25.9 Å². The van der Waals surface area contributed by atoms with Crippen molar-refractivity contribution < 1.29 is 34.7 Å². The number of aromatic nitrogens is 4. The first kappa shape index (κ1) is 40.4. The van der Waals surface area contributed by atoms with E-state index in [2.05, 4.69) is 10.2 Å². The Morgan fingerprint density at radius 1 is 0.667 bits per heavy atom. The topological polar surface area (TPSA) is 144 Å². The maximum absolute atomic E-state index is 16.1. The van der Waals surface area contributed by atoms with Crippen LogP contribution in [0.15, 0.2) is 69.1 Å². The first-order chi connectivity index (χ1) is 27.0. The lowest BCUT2D eigenvalue weighted by Crippen LogP contribution is -2.05. The highest BCUT2D eigenvalue weighted by molar-refractivity contribution is 7.88. The SMILES string of the molecule is O=S(=O)(O)c1cc2c(s1)-c1c(c(/C(F)=C/CCC/C=C(\F)c3nn(-c4ccc(Cl)cc4Cl)c4c3CCc3cc(S(=O)(=O)O)sc3-4)nn1-c1ccc(Cl)cc1Cl)CC2. The Bertz CT molecular complexity index is 2740. The smallest absolute Gasteiger partial charge is 0.281 e. The standard InChI is InChI=1S/C37H26Cl4F2N4O6S4/c38-20-8-12-28(24(40)16-20)46-34-22(10-6-18-14-30(54-36(18)34)56(48,49)50)32(44-46)26(42)4-2-1-3-5-27(43)33-23-11-7-19-15-31(57(51,52)53)55-37(19)35(23)47(45-33)29-13-9-21(39)17-25(29)41/h4-5,8-9,12-17H,1-3,6-7,10-11H2,(H,48,49,50)(H,51,52,53)/b26-4-,27-5-. The van der Waals surface area contributed by atoms with Crippen molar-refractivity contribution in [1.82, 2.24) is 19.6 Å². The summed E-state index contributed by atoms with van der Waals surface area (Å²) in [5.74, 6) is -1.25. The van der Waals surface area contributed by atoms with Crippen molar-refractivity contribution in [2.24, 2.45) is 0 Å². The summed E-state index contributed by atoms with van der Waals surface area (Å²) in [6, 6.07) is 12.3. The summed E-state index contributed by atoms with van der Waals surface area (Å²) in [7, 11) is -8.98. The molecule has 4 aromatic heterocycles. The molecule has 0 fully saturated rings. The van der Waals surface area contributed by atoms with Gasteiger partial charge in [0.25, 0.3) is 0 Å². The summed E-state index contributed by atoms with van der Waals surface area (Å²) < 4.78 is 102. The second-order valence-corrected chi connectivity index (χ2v) is 20.3. The van der Waals surface area contributed by atoms with Gasteiger partial charge >= 0.3 is 20.2 Å². The molecule has 0 unspecified atom stereocenters. The summed E-state index contributed by atoms with van der Waals surface area (Å²) >= 11 is 27.1. The molecule has 0 amide bonds. The molecule has 0 atom stereocenters. The van der Waals surface area contributed by atoms with Gasteiger partial charge in [0.1, 0.15) is 31.5 Å². The molecule has 4 heterocycles. The molecule has 2 aromatic carbocycles. The maximum atomic E-state index is 16.1. The molecular formula is C37H26Cl4F2N4O6S4. The fourth-order valence-corrected chi connectivity index (χ4v) is 11.9. The molecule has 0 saturated carbocycles. The molecule has 57 heavy (non-hydrogen) atoms. The van der Waals surface area contributed by atoms with Gasteiger partial charge in [-0.15, -0.1) is 22.7 Å². The molecule has 2 aliphatic carbocycles. The summed E-state index contributed by atoms with van der Waals surface area (Å²) in [5, 5.41) is 10.4. The first-order valence-electron chi connectivity index (χ1n) is 17.1. The van der Waals surface area contributed by atoms with E-state index < -0.39 is 31.9 Å². The maximum Gasteiger partial charge on any atom is 0.304 e. The van der Waals surface area contributed by atoms with Crippen LogP contribution in [0.25, 0.3) is 44.2 Å². The van der Waals surface area contributed by atoms with Gasteiger partial charge in [-0.1, -0.05) is 46.4 Å². The summed E-state index contributed by atoms with van der Waals surface area (Å²) in [4.78, 5) is 1.03. The minimum atomic E-state index is -4.49. The molecule has 0 saturated heterocycles. The van der Waals surface area contributed by atoms with E-state index in [1.807, 2.05) is 0 Å². The van der Waals surface area contributed by atoms with E-state index in [4.69, 9.17) is 46.4 Å². The highest BCUT2D eigenvalue weighted by atomic mass is 35.5. The molecule has 0 radical (unpaired) electrons. The Hall–Kier alpha value is -3.42. The van der Waals surface area contributed by atoms with Gasteiger partial charge in [-0.25, -0.2) is 18.1 Å². The molecule has 8 rings (SSSR count). The molecular weight excluding hydrogens is 905 g/mol. The average Bonchev–Trinajstić information content (AvgIpc) is 3.93. The van der Waals surface area contributed by atoms with Gasteiger partial charge < -0.3 is 0 Å².